The summed E-state index contributed by atoms with van der Waals surface area (Å²) in [5.41, 5.74) is -1.72. The molecule has 0 bridgehead atoms. The molecule has 23 heavy (non-hydrogen) atoms. The normalized spacial score (nSPS) is 20.0. The van der Waals surface area contributed by atoms with Gasteiger partial charge in [0, 0.05) is 6.20 Å². The van der Waals surface area contributed by atoms with Crippen LogP contribution in [0.4, 0.5) is 23.8 Å². The number of amides is 2. The second-order valence-electron chi connectivity index (χ2n) is 5.25. The first-order valence-corrected chi connectivity index (χ1v) is 6.94. The third-order valence-electron chi connectivity index (χ3n) is 3.87. The van der Waals surface area contributed by atoms with Crippen LogP contribution in [-0.4, -0.2) is 22.4 Å². The van der Waals surface area contributed by atoms with Crippen molar-refractivity contribution in [1.29, 1.82) is 0 Å². The van der Waals surface area contributed by atoms with Crippen LogP contribution in [0.25, 0.3) is 0 Å². The average molecular weight is 322 g/mol. The number of halogens is 3. The Balaban J connectivity index is 1.89. The number of carbonyl (C=O) groups excluding carboxylic acids is 1. The molecule has 0 radical (unpaired) electrons. The van der Waals surface area contributed by atoms with Crippen molar-refractivity contribution in [3.05, 3.63) is 53.7 Å². The van der Waals surface area contributed by atoms with E-state index in [4.69, 9.17) is 0 Å². The van der Waals surface area contributed by atoms with E-state index < -0.39 is 17.7 Å². The maximum atomic E-state index is 13.7. The third-order valence-corrected chi connectivity index (χ3v) is 3.87. The van der Waals surface area contributed by atoms with Crippen LogP contribution in [0, 0.1) is 0 Å². The summed E-state index contributed by atoms with van der Waals surface area (Å²) in [7, 11) is 0. The fraction of sp³-hybridized carbons (Fsp3) is 0.267. The van der Waals surface area contributed by atoms with Crippen molar-refractivity contribution in [3.63, 3.8) is 0 Å². The smallest absolute Gasteiger partial charge is 0.320 e. The Morgan fingerprint density at radius 1 is 1.17 bits per heavy atom. The van der Waals surface area contributed by atoms with Crippen molar-refractivity contribution < 1.29 is 18.0 Å². The van der Waals surface area contributed by atoms with Gasteiger partial charge in [0.1, 0.15) is 0 Å². The molecule has 2 aromatic rings. The van der Waals surface area contributed by atoms with Crippen molar-refractivity contribution in [2.45, 2.75) is 24.6 Å². The summed E-state index contributed by atoms with van der Waals surface area (Å²) in [6, 6.07) is 8.25. The van der Waals surface area contributed by atoms with Gasteiger partial charge in [0.05, 0.1) is 0 Å². The van der Waals surface area contributed by atoms with Crippen LogP contribution in [-0.2, 0) is 12.0 Å². The van der Waals surface area contributed by atoms with Crippen LogP contribution >= 0.6 is 0 Å². The van der Waals surface area contributed by atoms with E-state index in [1.54, 1.807) is 12.1 Å². The molecule has 5 nitrogen and oxygen atoms in total. The Labute approximate surface area is 129 Å². The van der Waals surface area contributed by atoms with Crippen molar-refractivity contribution in [3.8, 4) is 0 Å². The lowest BCUT2D eigenvalue weighted by Crippen LogP contribution is -2.55. The number of nitrogens with one attached hydrogen (secondary N) is 2. The molecule has 8 heteroatoms. The highest BCUT2D eigenvalue weighted by atomic mass is 19.4. The number of hydrogen-bond acceptors (Lipinski definition) is 3. The summed E-state index contributed by atoms with van der Waals surface area (Å²) in [5.74, 6) is 0.0774. The fourth-order valence-corrected chi connectivity index (χ4v) is 2.82. The number of anilines is 1. The van der Waals surface area contributed by atoms with Crippen LogP contribution in [0.5, 0.6) is 0 Å². The number of rotatable bonds is 2. The molecule has 2 N–H and O–H groups in total. The number of benzene rings is 1. The second-order valence-corrected chi connectivity index (χ2v) is 5.25. The number of aromatic nitrogens is 2. The predicted octanol–water partition coefficient (Wildman–Crippen LogP) is 3.00. The van der Waals surface area contributed by atoms with Crippen molar-refractivity contribution >= 4 is 11.8 Å². The standard InChI is InChI=1S/C15H13F3N4O/c16-15(17,18)14(8-7-10-4-1-2-5-11(10)14)21-13(23)20-12-6-3-9-19-22-12/h1-6,9H,7-8H2,(H2,20,21,22,23). The maximum Gasteiger partial charge on any atom is 0.415 e. The average Bonchev–Trinajstić information content (AvgIpc) is 2.88. The maximum absolute atomic E-state index is 13.7. The molecule has 1 aliphatic carbocycles. The lowest BCUT2D eigenvalue weighted by Gasteiger charge is -2.33. The molecule has 120 valence electrons. The van der Waals surface area contributed by atoms with E-state index in [0.29, 0.717) is 5.56 Å². The minimum absolute atomic E-state index is 0.0774. The molecule has 0 saturated carbocycles. The van der Waals surface area contributed by atoms with E-state index in [-0.39, 0.29) is 24.2 Å². The number of urea groups is 1. The van der Waals surface area contributed by atoms with Crippen LogP contribution in [0.2, 0.25) is 0 Å². The van der Waals surface area contributed by atoms with E-state index in [1.165, 1.54) is 30.5 Å². The number of nitrogens with zero attached hydrogens (tertiary/aromatic N) is 2. The molecular weight excluding hydrogens is 309 g/mol. The van der Waals surface area contributed by atoms with Gasteiger partial charge in [0.15, 0.2) is 11.4 Å². The van der Waals surface area contributed by atoms with Gasteiger partial charge in [-0.1, -0.05) is 24.3 Å². The molecule has 0 saturated heterocycles. The minimum Gasteiger partial charge on any atom is -0.320 e. The first kappa shape index (κ1) is 15.3. The molecule has 1 aromatic heterocycles. The van der Waals surface area contributed by atoms with Crippen molar-refractivity contribution in [2.75, 3.05) is 5.32 Å². The Morgan fingerprint density at radius 2 is 1.96 bits per heavy atom. The Hall–Kier alpha value is -2.64. The van der Waals surface area contributed by atoms with Crippen molar-refractivity contribution in [1.82, 2.24) is 15.5 Å². The number of aryl methyl sites for hydroxylation is 1. The SMILES string of the molecule is O=C(Nc1cccnn1)NC1(C(F)(F)F)CCc2ccccc21. The quantitative estimate of drug-likeness (QED) is 0.893. The van der Waals surface area contributed by atoms with E-state index in [2.05, 4.69) is 20.8 Å². The number of carbonyl (C=O) groups is 1. The zero-order chi connectivity index (χ0) is 16.5. The highest BCUT2D eigenvalue weighted by molar-refractivity contribution is 5.89. The molecule has 2 amide bonds. The monoisotopic (exact) mass is 322 g/mol. The van der Waals surface area contributed by atoms with Gasteiger partial charge in [0.2, 0.25) is 0 Å². The van der Waals surface area contributed by atoms with E-state index >= 15 is 0 Å². The van der Waals surface area contributed by atoms with E-state index in [1.807, 2.05) is 0 Å². The van der Waals surface area contributed by atoms with E-state index in [0.717, 1.165) is 0 Å². The lowest BCUT2D eigenvalue weighted by atomic mass is 9.91. The van der Waals surface area contributed by atoms with Crippen LogP contribution in [0.15, 0.2) is 42.6 Å². The number of hydrogen-bond donors (Lipinski definition) is 2. The molecule has 0 spiro atoms. The molecule has 3 rings (SSSR count). The number of alkyl halides is 3. The highest BCUT2D eigenvalue weighted by Gasteiger charge is 2.59. The third kappa shape index (κ3) is 2.71. The van der Waals surface area contributed by atoms with Gasteiger partial charge in [-0.2, -0.15) is 18.3 Å². The zero-order valence-corrected chi connectivity index (χ0v) is 11.9. The fourth-order valence-electron chi connectivity index (χ4n) is 2.82. The van der Waals surface area contributed by atoms with Gasteiger partial charge in [-0.3, -0.25) is 5.32 Å². The molecule has 1 atom stereocenters. The van der Waals surface area contributed by atoms with Crippen LogP contribution in [0.1, 0.15) is 17.5 Å². The van der Waals surface area contributed by atoms with Crippen LogP contribution < -0.4 is 10.6 Å². The summed E-state index contributed by atoms with van der Waals surface area (Å²) >= 11 is 0. The molecule has 1 unspecified atom stereocenters. The van der Waals surface area contributed by atoms with Gasteiger partial charge in [0.25, 0.3) is 0 Å². The van der Waals surface area contributed by atoms with E-state index in [9.17, 15) is 18.0 Å². The molecule has 1 aliphatic rings. The predicted molar refractivity (Wildman–Crippen MR) is 76.7 cm³/mol. The minimum atomic E-state index is -4.61. The second kappa shape index (κ2) is 5.53. The molecule has 1 aromatic carbocycles. The highest BCUT2D eigenvalue weighted by Crippen LogP contribution is 2.47. The summed E-state index contributed by atoms with van der Waals surface area (Å²) in [5, 5.41) is 11.5. The van der Waals surface area contributed by atoms with Gasteiger partial charge in [-0.25, -0.2) is 4.79 Å². The first-order valence-electron chi connectivity index (χ1n) is 6.94. The largest absolute Gasteiger partial charge is 0.415 e. The Bertz CT molecular complexity index is 720. The molecule has 0 fully saturated rings. The summed E-state index contributed by atoms with van der Waals surface area (Å²) in [4.78, 5) is 12.0. The van der Waals surface area contributed by atoms with Gasteiger partial charge >= 0.3 is 12.2 Å². The Morgan fingerprint density at radius 3 is 2.65 bits per heavy atom. The summed E-state index contributed by atoms with van der Waals surface area (Å²) < 4.78 is 41.2. The van der Waals surface area contributed by atoms with Gasteiger partial charge in [-0.05, 0) is 36.1 Å². The number of fused-ring (bicyclic) bond motifs is 1. The van der Waals surface area contributed by atoms with Gasteiger partial charge in [-0.15, -0.1) is 5.10 Å². The molecular formula is C15H13F3N4O. The zero-order valence-electron chi connectivity index (χ0n) is 11.9. The summed E-state index contributed by atoms with van der Waals surface area (Å²) in [6.45, 7) is 0. The van der Waals surface area contributed by atoms with Gasteiger partial charge < -0.3 is 5.32 Å². The molecule has 1 heterocycles. The van der Waals surface area contributed by atoms with Crippen molar-refractivity contribution in [2.24, 2.45) is 0 Å². The first-order chi connectivity index (χ1) is 10.9. The van der Waals surface area contributed by atoms with Crippen LogP contribution in [0.3, 0.4) is 0 Å². The topological polar surface area (TPSA) is 66.9 Å². The Kier molecular flexibility index (Phi) is 3.67. The lowest BCUT2D eigenvalue weighted by molar-refractivity contribution is -0.196. The molecule has 0 aliphatic heterocycles. The summed E-state index contributed by atoms with van der Waals surface area (Å²) in [6.07, 6.45) is -3.20.